The standard InChI is InChI=1S/C36H21NO2/c1-2-13-25-21(9-1)22-10-3-6-14-31(22)38-32-15-7-4-11-23(32)26-17-18-27-28-19-29-24-12-5-8-16-33(24)39-34(29)20-30(28)37-36(27)35(25)26/h1-20,37H. The van der Waals surface area contributed by atoms with Gasteiger partial charge in [-0.3, -0.25) is 0 Å². The Labute approximate surface area is 222 Å². The second-order valence-corrected chi connectivity index (χ2v) is 10.2. The number of nitrogens with one attached hydrogen (secondary N) is 1. The summed E-state index contributed by atoms with van der Waals surface area (Å²) in [4.78, 5) is 3.81. The first-order chi connectivity index (χ1) is 19.3. The van der Waals surface area contributed by atoms with Crippen LogP contribution >= 0.6 is 0 Å². The van der Waals surface area contributed by atoms with Crippen molar-refractivity contribution >= 4 is 87.2 Å². The fourth-order valence-corrected chi connectivity index (χ4v) is 6.30. The normalized spacial score (nSPS) is 12.1. The van der Waals surface area contributed by atoms with Crippen LogP contribution in [0.2, 0.25) is 0 Å². The SMILES string of the molecule is c1ccc2c(c1)oc1cc3[nH]c4c(ccc5c6ccccc6oc6ccccc6c6ccccc6c54)c3cc12. The molecule has 0 saturated carbocycles. The van der Waals surface area contributed by atoms with Crippen molar-refractivity contribution in [3.8, 4) is 0 Å². The van der Waals surface area contributed by atoms with Crippen molar-refractivity contribution in [2.75, 3.05) is 0 Å². The molecule has 9 aromatic rings. The monoisotopic (exact) mass is 499 g/mol. The second kappa shape index (κ2) is 7.62. The van der Waals surface area contributed by atoms with Crippen LogP contribution in [-0.4, -0.2) is 4.98 Å². The summed E-state index contributed by atoms with van der Waals surface area (Å²) < 4.78 is 12.8. The molecule has 3 heteroatoms. The average Bonchev–Trinajstić information content (AvgIpc) is 3.54. The number of para-hydroxylation sites is 3. The maximum Gasteiger partial charge on any atom is 0.137 e. The molecule has 0 spiro atoms. The third-order valence-electron chi connectivity index (χ3n) is 8.04. The number of H-pyrrole nitrogens is 1. The van der Waals surface area contributed by atoms with Gasteiger partial charge in [-0.1, -0.05) is 91.0 Å². The molecular formula is C36H21NO2. The summed E-state index contributed by atoms with van der Waals surface area (Å²) in [5.41, 5.74) is 5.68. The zero-order chi connectivity index (χ0) is 25.5. The minimum atomic E-state index is 0.846. The van der Waals surface area contributed by atoms with Gasteiger partial charge in [-0.15, -0.1) is 0 Å². The van der Waals surface area contributed by atoms with Gasteiger partial charge in [-0.05, 0) is 40.4 Å². The van der Waals surface area contributed by atoms with Crippen molar-refractivity contribution in [1.82, 2.24) is 4.98 Å². The molecule has 3 nitrogen and oxygen atoms in total. The Morgan fingerprint density at radius 3 is 1.54 bits per heavy atom. The molecule has 0 radical (unpaired) electrons. The van der Waals surface area contributed by atoms with Crippen LogP contribution in [-0.2, 0) is 0 Å². The van der Waals surface area contributed by atoms with Crippen LogP contribution in [0.4, 0.5) is 0 Å². The Morgan fingerprint density at radius 2 is 0.846 bits per heavy atom. The van der Waals surface area contributed by atoms with Crippen LogP contribution in [0.5, 0.6) is 0 Å². The van der Waals surface area contributed by atoms with Crippen molar-refractivity contribution in [1.29, 1.82) is 0 Å². The third kappa shape index (κ3) is 2.87. The van der Waals surface area contributed by atoms with Crippen molar-refractivity contribution in [2.24, 2.45) is 0 Å². The van der Waals surface area contributed by atoms with Gasteiger partial charge in [-0.2, -0.15) is 0 Å². The second-order valence-electron chi connectivity index (χ2n) is 10.2. The summed E-state index contributed by atoms with van der Waals surface area (Å²) in [5.74, 6) is 0. The fourth-order valence-electron chi connectivity index (χ4n) is 6.30. The highest BCUT2D eigenvalue weighted by molar-refractivity contribution is 6.29. The number of furan rings is 1. The van der Waals surface area contributed by atoms with E-state index in [2.05, 4.69) is 102 Å². The molecule has 0 atom stereocenters. The van der Waals surface area contributed by atoms with E-state index in [4.69, 9.17) is 8.83 Å². The maximum absolute atomic E-state index is 6.61. The lowest BCUT2D eigenvalue weighted by molar-refractivity contribution is 0.663. The van der Waals surface area contributed by atoms with Crippen molar-refractivity contribution in [3.05, 3.63) is 121 Å². The fraction of sp³-hybridized carbons (Fsp3) is 0. The van der Waals surface area contributed by atoms with Crippen LogP contribution in [0.3, 0.4) is 0 Å². The molecule has 39 heavy (non-hydrogen) atoms. The van der Waals surface area contributed by atoms with Gasteiger partial charge < -0.3 is 13.8 Å². The molecule has 0 fully saturated rings. The van der Waals surface area contributed by atoms with Crippen molar-refractivity contribution in [3.63, 3.8) is 0 Å². The van der Waals surface area contributed by atoms with Crippen molar-refractivity contribution < 1.29 is 8.83 Å². The first-order valence-corrected chi connectivity index (χ1v) is 13.2. The summed E-state index contributed by atoms with van der Waals surface area (Å²) in [6.45, 7) is 0. The molecule has 0 aliphatic heterocycles. The summed E-state index contributed by atoms with van der Waals surface area (Å²) in [5, 5.41) is 11.4. The van der Waals surface area contributed by atoms with Gasteiger partial charge in [0, 0.05) is 43.8 Å². The Morgan fingerprint density at radius 1 is 0.359 bits per heavy atom. The topological polar surface area (TPSA) is 42.1 Å². The predicted octanol–water partition coefficient (Wildman–Crippen LogP) is 10.6. The molecule has 6 aromatic carbocycles. The molecule has 1 N–H and O–H groups in total. The van der Waals surface area contributed by atoms with E-state index in [1.165, 1.54) is 21.5 Å². The van der Waals surface area contributed by atoms with Gasteiger partial charge >= 0.3 is 0 Å². The number of rotatable bonds is 0. The third-order valence-corrected chi connectivity index (χ3v) is 8.04. The van der Waals surface area contributed by atoms with Crippen LogP contribution in [0, 0.1) is 0 Å². The van der Waals surface area contributed by atoms with Gasteiger partial charge in [-0.25, -0.2) is 0 Å². The van der Waals surface area contributed by atoms with Gasteiger partial charge in [0.2, 0.25) is 0 Å². The van der Waals surface area contributed by atoms with Gasteiger partial charge in [0.1, 0.15) is 22.3 Å². The Balaban J connectivity index is 1.58. The molecular weight excluding hydrogens is 478 g/mol. The summed E-state index contributed by atoms with van der Waals surface area (Å²) in [6, 6.07) is 42.4. The average molecular weight is 500 g/mol. The van der Waals surface area contributed by atoms with Gasteiger partial charge in [0.15, 0.2) is 0 Å². The minimum Gasteiger partial charge on any atom is -0.456 e. The number of hydrogen-bond acceptors (Lipinski definition) is 2. The Hall–Kier alpha value is -5.28. The molecule has 3 aromatic heterocycles. The number of hydrogen-bond donors (Lipinski definition) is 1. The summed E-state index contributed by atoms with van der Waals surface area (Å²) >= 11 is 0. The first kappa shape index (κ1) is 20.7. The number of aromatic amines is 1. The predicted molar refractivity (Wildman–Crippen MR) is 163 cm³/mol. The van der Waals surface area contributed by atoms with Crippen LogP contribution in [0.1, 0.15) is 0 Å². The summed E-state index contributed by atoms with van der Waals surface area (Å²) in [7, 11) is 0. The van der Waals surface area contributed by atoms with Crippen molar-refractivity contribution in [2.45, 2.75) is 0 Å². The maximum atomic E-state index is 6.61. The quantitative estimate of drug-likeness (QED) is 0.225. The first-order valence-electron chi connectivity index (χ1n) is 13.2. The Kier molecular flexibility index (Phi) is 4.05. The lowest BCUT2D eigenvalue weighted by atomic mass is 9.98. The highest BCUT2D eigenvalue weighted by Gasteiger charge is 2.15. The van der Waals surface area contributed by atoms with Gasteiger partial charge in [0.25, 0.3) is 0 Å². The molecule has 9 rings (SSSR count). The molecule has 0 amide bonds. The molecule has 3 heterocycles. The molecule has 0 saturated heterocycles. The molecule has 0 aliphatic rings. The zero-order valence-electron chi connectivity index (χ0n) is 20.9. The Bertz CT molecular complexity index is 2510. The minimum absolute atomic E-state index is 0.846. The number of fused-ring (bicyclic) bond motifs is 14. The highest BCUT2D eigenvalue weighted by atomic mass is 16.3. The van der Waals surface area contributed by atoms with Gasteiger partial charge in [0.05, 0.1) is 11.0 Å². The molecule has 182 valence electrons. The van der Waals surface area contributed by atoms with Crippen LogP contribution in [0.15, 0.2) is 130 Å². The smallest absolute Gasteiger partial charge is 0.137 e. The van der Waals surface area contributed by atoms with Crippen LogP contribution < -0.4 is 0 Å². The van der Waals surface area contributed by atoms with E-state index < -0.39 is 0 Å². The highest BCUT2D eigenvalue weighted by Crippen LogP contribution is 2.40. The van der Waals surface area contributed by atoms with E-state index in [1.54, 1.807) is 0 Å². The lowest BCUT2D eigenvalue weighted by Crippen LogP contribution is -1.79. The number of benzene rings is 6. The van der Waals surface area contributed by atoms with E-state index in [-0.39, 0.29) is 0 Å². The van der Waals surface area contributed by atoms with E-state index >= 15 is 0 Å². The lowest BCUT2D eigenvalue weighted by Gasteiger charge is -2.04. The summed E-state index contributed by atoms with van der Waals surface area (Å²) in [6.07, 6.45) is 0. The van der Waals surface area contributed by atoms with E-state index in [0.29, 0.717) is 0 Å². The van der Waals surface area contributed by atoms with E-state index in [9.17, 15) is 0 Å². The largest absolute Gasteiger partial charge is 0.456 e. The molecule has 0 bridgehead atoms. The zero-order valence-corrected chi connectivity index (χ0v) is 20.9. The van der Waals surface area contributed by atoms with Crippen LogP contribution in [0.25, 0.3) is 87.2 Å². The molecule has 0 unspecified atom stereocenters. The van der Waals surface area contributed by atoms with E-state index in [0.717, 1.165) is 65.7 Å². The molecule has 0 aliphatic carbocycles. The van der Waals surface area contributed by atoms with E-state index in [1.807, 2.05) is 24.3 Å². The number of aromatic nitrogens is 1.